The number of methoxy groups -OCH3 is 1. The van der Waals surface area contributed by atoms with E-state index in [1.165, 1.54) is 0 Å². The van der Waals surface area contributed by atoms with Crippen molar-refractivity contribution in [3.8, 4) is 5.75 Å². The first-order valence-electron chi connectivity index (χ1n) is 5.75. The van der Waals surface area contributed by atoms with Gasteiger partial charge in [-0.05, 0) is 18.2 Å². The third-order valence-electron chi connectivity index (χ3n) is 3.02. The van der Waals surface area contributed by atoms with Crippen molar-refractivity contribution in [2.24, 2.45) is 5.73 Å². The van der Waals surface area contributed by atoms with Gasteiger partial charge in [0.05, 0.1) is 12.1 Å². The molecule has 2 rings (SSSR count). The van der Waals surface area contributed by atoms with E-state index in [9.17, 15) is 4.79 Å². The van der Waals surface area contributed by atoms with Crippen molar-refractivity contribution < 1.29 is 9.53 Å². The molecule has 0 saturated carbocycles. The fraction of sp³-hybridized carbons (Fsp3) is 0.417. The molecule has 5 nitrogen and oxygen atoms in total. The van der Waals surface area contributed by atoms with Gasteiger partial charge in [-0.3, -0.25) is 4.79 Å². The second-order valence-electron chi connectivity index (χ2n) is 4.05. The van der Waals surface area contributed by atoms with E-state index in [0.29, 0.717) is 17.3 Å². The Morgan fingerprint density at radius 1 is 1.61 bits per heavy atom. The average molecular weight is 270 g/mol. The molecule has 1 aliphatic rings. The van der Waals surface area contributed by atoms with Crippen LogP contribution in [-0.4, -0.2) is 38.7 Å². The minimum atomic E-state index is -0.344. The Kier molecular flexibility index (Phi) is 3.93. The van der Waals surface area contributed by atoms with Gasteiger partial charge >= 0.3 is 0 Å². The number of nitrogens with one attached hydrogen (secondary N) is 1. The van der Waals surface area contributed by atoms with Crippen LogP contribution in [-0.2, 0) is 4.79 Å². The van der Waals surface area contributed by atoms with Gasteiger partial charge in [0.1, 0.15) is 11.8 Å². The number of nitrogens with zero attached hydrogens (tertiary/aromatic N) is 1. The molecule has 0 radical (unpaired) electrons. The maximum Gasteiger partial charge on any atom is 0.244 e. The second-order valence-corrected chi connectivity index (χ2v) is 4.46. The topological polar surface area (TPSA) is 67.6 Å². The van der Waals surface area contributed by atoms with Crippen LogP contribution in [0.4, 0.5) is 5.69 Å². The fourth-order valence-electron chi connectivity index (χ4n) is 2.09. The van der Waals surface area contributed by atoms with Crippen LogP contribution in [0.1, 0.15) is 0 Å². The summed E-state index contributed by atoms with van der Waals surface area (Å²) in [5.41, 5.74) is 6.54. The van der Waals surface area contributed by atoms with Crippen molar-refractivity contribution in [2.75, 3.05) is 31.6 Å². The number of carbonyl (C=O) groups is 1. The highest BCUT2D eigenvalue weighted by Crippen LogP contribution is 2.30. The minimum Gasteiger partial charge on any atom is -0.495 e. The fourth-order valence-corrected chi connectivity index (χ4v) is 2.34. The van der Waals surface area contributed by atoms with Crippen LogP contribution < -0.4 is 20.7 Å². The summed E-state index contributed by atoms with van der Waals surface area (Å²) in [5.74, 6) is 0.571. The van der Waals surface area contributed by atoms with Crippen molar-refractivity contribution in [3.63, 3.8) is 0 Å². The van der Waals surface area contributed by atoms with Crippen LogP contribution in [0.15, 0.2) is 18.2 Å². The zero-order chi connectivity index (χ0) is 13.1. The lowest BCUT2D eigenvalue weighted by molar-refractivity contribution is -0.123. The number of hydrogen-bond donors (Lipinski definition) is 2. The highest BCUT2D eigenvalue weighted by Gasteiger charge is 2.28. The summed E-state index contributed by atoms with van der Waals surface area (Å²) in [6.45, 7) is 1.60. The Hall–Kier alpha value is -1.46. The molecule has 0 bridgehead atoms. The first kappa shape index (κ1) is 13.0. The number of amides is 1. The van der Waals surface area contributed by atoms with Gasteiger partial charge in [-0.25, -0.2) is 0 Å². The van der Waals surface area contributed by atoms with E-state index in [0.717, 1.165) is 12.2 Å². The lowest BCUT2D eigenvalue weighted by Crippen LogP contribution is -2.58. The zero-order valence-corrected chi connectivity index (χ0v) is 10.9. The van der Waals surface area contributed by atoms with E-state index in [1.54, 1.807) is 19.2 Å². The number of carbonyl (C=O) groups excluding carboxylic acids is 1. The minimum absolute atomic E-state index is 0.0457. The molecule has 1 atom stereocenters. The van der Waals surface area contributed by atoms with Gasteiger partial charge in [0.2, 0.25) is 5.91 Å². The molecule has 98 valence electrons. The number of piperazine rings is 1. The molecular formula is C12H16ClN3O2. The number of ether oxygens (including phenoxy) is 1. The first-order chi connectivity index (χ1) is 8.67. The molecule has 1 heterocycles. The van der Waals surface area contributed by atoms with E-state index in [2.05, 4.69) is 5.32 Å². The predicted molar refractivity (Wildman–Crippen MR) is 71.2 cm³/mol. The van der Waals surface area contributed by atoms with Crippen molar-refractivity contribution >= 4 is 23.2 Å². The SMILES string of the molecule is COc1ccc(N2CCNC(=O)C2CN)cc1Cl. The summed E-state index contributed by atoms with van der Waals surface area (Å²) < 4.78 is 5.11. The molecule has 0 aromatic heterocycles. The highest BCUT2D eigenvalue weighted by molar-refractivity contribution is 6.32. The second kappa shape index (κ2) is 5.46. The maximum atomic E-state index is 11.7. The van der Waals surface area contributed by atoms with E-state index < -0.39 is 0 Å². The summed E-state index contributed by atoms with van der Waals surface area (Å²) in [6.07, 6.45) is 0. The van der Waals surface area contributed by atoms with Crippen molar-refractivity contribution in [1.82, 2.24) is 5.32 Å². The lowest BCUT2D eigenvalue weighted by Gasteiger charge is -2.36. The molecule has 0 aliphatic carbocycles. The molecular weight excluding hydrogens is 254 g/mol. The molecule has 1 aromatic rings. The normalized spacial score (nSPS) is 19.6. The van der Waals surface area contributed by atoms with Crippen molar-refractivity contribution in [1.29, 1.82) is 0 Å². The number of rotatable bonds is 3. The standard InChI is InChI=1S/C12H16ClN3O2/c1-18-11-3-2-8(6-9(11)13)16-5-4-15-12(17)10(16)7-14/h2-3,6,10H,4-5,7,14H2,1H3,(H,15,17). The number of benzene rings is 1. The van der Waals surface area contributed by atoms with Gasteiger partial charge in [0, 0.05) is 25.3 Å². The summed E-state index contributed by atoms with van der Waals surface area (Å²) in [7, 11) is 1.57. The number of hydrogen-bond acceptors (Lipinski definition) is 4. The van der Waals surface area contributed by atoms with Crippen molar-refractivity contribution in [2.45, 2.75) is 6.04 Å². The van der Waals surface area contributed by atoms with Crippen LogP contribution >= 0.6 is 11.6 Å². The van der Waals surface area contributed by atoms with Crippen LogP contribution in [0.3, 0.4) is 0 Å². The monoisotopic (exact) mass is 269 g/mol. The Morgan fingerprint density at radius 2 is 2.39 bits per heavy atom. The predicted octanol–water partition coefficient (Wildman–Crippen LogP) is 0.612. The van der Waals surface area contributed by atoms with E-state index >= 15 is 0 Å². The number of anilines is 1. The van der Waals surface area contributed by atoms with Gasteiger partial charge in [-0.2, -0.15) is 0 Å². The largest absolute Gasteiger partial charge is 0.495 e. The lowest BCUT2D eigenvalue weighted by atomic mass is 10.1. The molecule has 1 aliphatic heterocycles. The first-order valence-corrected chi connectivity index (χ1v) is 6.13. The Labute approximate surface area is 111 Å². The summed E-state index contributed by atoms with van der Waals surface area (Å²) in [5, 5.41) is 3.33. The van der Waals surface area contributed by atoms with E-state index in [1.807, 2.05) is 11.0 Å². The third-order valence-corrected chi connectivity index (χ3v) is 3.32. The van der Waals surface area contributed by atoms with Crippen LogP contribution in [0.25, 0.3) is 0 Å². The molecule has 0 spiro atoms. The molecule has 1 aromatic carbocycles. The van der Waals surface area contributed by atoms with Crippen LogP contribution in [0.2, 0.25) is 5.02 Å². The van der Waals surface area contributed by atoms with Crippen molar-refractivity contribution in [3.05, 3.63) is 23.2 Å². The van der Waals surface area contributed by atoms with Gasteiger partial charge in [-0.1, -0.05) is 11.6 Å². The molecule has 6 heteroatoms. The van der Waals surface area contributed by atoms with E-state index in [4.69, 9.17) is 22.1 Å². The third kappa shape index (κ3) is 2.37. The van der Waals surface area contributed by atoms with Gasteiger partial charge in [0.15, 0.2) is 0 Å². The molecule has 1 unspecified atom stereocenters. The molecule has 18 heavy (non-hydrogen) atoms. The zero-order valence-electron chi connectivity index (χ0n) is 10.1. The molecule has 3 N–H and O–H groups in total. The maximum absolute atomic E-state index is 11.7. The Bertz CT molecular complexity index is 453. The summed E-state index contributed by atoms with van der Waals surface area (Å²) >= 11 is 6.09. The van der Waals surface area contributed by atoms with Gasteiger partial charge in [-0.15, -0.1) is 0 Å². The quantitative estimate of drug-likeness (QED) is 0.844. The summed E-state index contributed by atoms with van der Waals surface area (Å²) in [4.78, 5) is 13.7. The van der Waals surface area contributed by atoms with E-state index in [-0.39, 0.29) is 18.5 Å². The van der Waals surface area contributed by atoms with Crippen LogP contribution in [0.5, 0.6) is 5.75 Å². The van der Waals surface area contributed by atoms with Gasteiger partial charge < -0.3 is 20.7 Å². The average Bonchev–Trinajstić information content (AvgIpc) is 2.38. The number of halogens is 1. The smallest absolute Gasteiger partial charge is 0.244 e. The Balaban J connectivity index is 2.29. The Morgan fingerprint density at radius 3 is 3.00 bits per heavy atom. The highest BCUT2D eigenvalue weighted by atomic mass is 35.5. The molecule has 1 amide bonds. The van der Waals surface area contributed by atoms with Crippen LogP contribution in [0, 0.1) is 0 Å². The number of nitrogens with two attached hydrogens (primary N) is 1. The van der Waals surface area contributed by atoms with Gasteiger partial charge in [0.25, 0.3) is 0 Å². The molecule has 1 saturated heterocycles. The summed E-state index contributed by atoms with van der Waals surface area (Å²) in [6, 6.07) is 5.12. The molecule has 1 fully saturated rings.